The second-order valence-corrected chi connectivity index (χ2v) is 3.78. The number of nitrogens with one attached hydrogen (secondary N) is 1. The largest absolute Gasteiger partial charge is 0.368 e. The van der Waals surface area contributed by atoms with Crippen LogP contribution in [0.3, 0.4) is 0 Å². The van der Waals surface area contributed by atoms with E-state index < -0.39 is 11.9 Å². The summed E-state index contributed by atoms with van der Waals surface area (Å²) in [6.07, 6.45) is 0. The van der Waals surface area contributed by atoms with E-state index in [1.807, 2.05) is 0 Å². The maximum Gasteiger partial charge on any atom is 0.364 e. The summed E-state index contributed by atoms with van der Waals surface area (Å²) in [7, 11) is 7.59. The van der Waals surface area contributed by atoms with Crippen LogP contribution in [0.15, 0.2) is 4.99 Å². The molecular weight excluding hydrogens is 304 g/mol. The molecule has 0 fully saturated rings. The first-order valence-electron chi connectivity index (χ1n) is 5.91. The van der Waals surface area contributed by atoms with E-state index in [9.17, 15) is 5.21 Å². The normalized spacial score (nSPS) is 30.0. The van der Waals surface area contributed by atoms with E-state index in [1.165, 1.54) is 42.7 Å². The summed E-state index contributed by atoms with van der Waals surface area (Å²) < 4.78 is 10.6. The predicted octanol–water partition coefficient (Wildman–Crippen LogP) is -2.04. The van der Waals surface area contributed by atoms with Gasteiger partial charge in [-0.3, -0.25) is 24.6 Å². The molecular formula is C9H22N6O7. The molecule has 2 atom stereocenters. The fraction of sp³-hybridized carbons (Fsp3) is 0.889. The third kappa shape index (κ3) is 2.63. The lowest BCUT2D eigenvalue weighted by molar-refractivity contribution is -0.587. The van der Waals surface area contributed by atoms with Gasteiger partial charge in [-0.05, 0) is 5.06 Å². The Kier molecular flexibility index (Phi) is 6.38. The minimum atomic E-state index is -2.06. The SMILES string of the molecule is CONC1(OC)N=C(N)N(OC)C(OC)(N(O)OC)N1OC. The van der Waals surface area contributed by atoms with Crippen LogP contribution in [0.25, 0.3) is 0 Å². The minimum absolute atomic E-state index is 0.236. The maximum atomic E-state index is 10.2. The highest BCUT2D eigenvalue weighted by Gasteiger charge is 2.65. The first kappa shape index (κ1) is 18.9. The first-order valence-corrected chi connectivity index (χ1v) is 5.91. The number of rotatable bonds is 8. The van der Waals surface area contributed by atoms with Gasteiger partial charge >= 0.3 is 11.9 Å². The van der Waals surface area contributed by atoms with Gasteiger partial charge in [-0.1, -0.05) is 0 Å². The van der Waals surface area contributed by atoms with Crippen molar-refractivity contribution in [3.05, 3.63) is 0 Å². The van der Waals surface area contributed by atoms with Gasteiger partial charge in [0.2, 0.25) is 5.96 Å². The molecule has 2 unspecified atom stereocenters. The smallest absolute Gasteiger partial charge is 0.364 e. The molecule has 0 saturated heterocycles. The van der Waals surface area contributed by atoms with Crippen molar-refractivity contribution in [1.82, 2.24) is 20.8 Å². The third-order valence-corrected chi connectivity index (χ3v) is 2.86. The number of nitrogens with zero attached hydrogens (tertiary/aromatic N) is 4. The Hall–Kier alpha value is -1.13. The van der Waals surface area contributed by atoms with Gasteiger partial charge in [-0.15, -0.1) is 5.48 Å². The topological polar surface area (TPSA) is 136 Å². The molecule has 0 aromatic heterocycles. The zero-order valence-electron chi connectivity index (χ0n) is 13.3. The van der Waals surface area contributed by atoms with Crippen LogP contribution in [0.4, 0.5) is 0 Å². The molecule has 0 aromatic rings. The number of methoxy groups -OCH3 is 2. The van der Waals surface area contributed by atoms with Crippen LogP contribution in [0.1, 0.15) is 0 Å². The average molecular weight is 326 g/mol. The Morgan fingerprint density at radius 1 is 1.14 bits per heavy atom. The summed E-state index contributed by atoms with van der Waals surface area (Å²) in [5.74, 6) is -4.12. The number of nitrogens with two attached hydrogens (primary N) is 1. The highest BCUT2D eigenvalue weighted by Crippen LogP contribution is 2.36. The highest BCUT2D eigenvalue weighted by molar-refractivity contribution is 5.78. The fourth-order valence-electron chi connectivity index (χ4n) is 2.02. The zero-order chi connectivity index (χ0) is 17.0. The Morgan fingerprint density at radius 2 is 1.77 bits per heavy atom. The Labute approximate surface area is 127 Å². The molecule has 0 radical (unpaired) electrons. The van der Waals surface area contributed by atoms with Crippen molar-refractivity contribution in [3.8, 4) is 0 Å². The highest BCUT2D eigenvalue weighted by atomic mass is 16.9. The van der Waals surface area contributed by atoms with E-state index in [-0.39, 0.29) is 11.2 Å². The monoisotopic (exact) mass is 326 g/mol. The van der Waals surface area contributed by atoms with Crippen LogP contribution in [0.5, 0.6) is 0 Å². The van der Waals surface area contributed by atoms with E-state index in [1.54, 1.807) is 0 Å². The van der Waals surface area contributed by atoms with Crippen molar-refractivity contribution >= 4 is 5.96 Å². The number of hydrogen-bond acceptors (Lipinski definition) is 13. The van der Waals surface area contributed by atoms with Gasteiger partial charge in [0, 0.05) is 19.4 Å². The Morgan fingerprint density at radius 3 is 2.14 bits per heavy atom. The summed E-state index contributed by atoms with van der Waals surface area (Å²) in [6.45, 7) is 0. The molecule has 22 heavy (non-hydrogen) atoms. The van der Waals surface area contributed by atoms with Crippen molar-refractivity contribution in [1.29, 1.82) is 0 Å². The second-order valence-electron chi connectivity index (χ2n) is 3.78. The van der Waals surface area contributed by atoms with E-state index in [0.717, 1.165) is 10.1 Å². The van der Waals surface area contributed by atoms with E-state index in [4.69, 9.17) is 34.6 Å². The Balaban J connectivity index is 3.58. The van der Waals surface area contributed by atoms with Crippen LogP contribution >= 0.6 is 0 Å². The minimum Gasteiger partial charge on any atom is -0.368 e. The van der Waals surface area contributed by atoms with E-state index >= 15 is 0 Å². The predicted molar refractivity (Wildman–Crippen MR) is 69.6 cm³/mol. The summed E-state index contributed by atoms with van der Waals surface area (Å²) in [5, 5.41) is 12.2. The molecule has 13 heteroatoms. The molecule has 1 aliphatic heterocycles. The summed E-state index contributed by atoms with van der Waals surface area (Å²) >= 11 is 0. The van der Waals surface area contributed by atoms with Crippen LogP contribution in [0.2, 0.25) is 0 Å². The molecule has 0 bridgehead atoms. The number of ether oxygens (including phenoxy) is 2. The number of aliphatic imine (C=N–C) groups is 1. The van der Waals surface area contributed by atoms with Crippen LogP contribution in [0, 0.1) is 0 Å². The van der Waals surface area contributed by atoms with Gasteiger partial charge in [0.15, 0.2) is 0 Å². The van der Waals surface area contributed by atoms with Crippen molar-refractivity contribution in [2.24, 2.45) is 10.7 Å². The van der Waals surface area contributed by atoms with Crippen molar-refractivity contribution in [2.75, 3.05) is 42.7 Å². The maximum absolute atomic E-state index is 10.2. The summed E-state index contributed by atoms with van der Waals surface area (Å²) in [5.41, 5.74) is 8.30. The van der Waals surface area contributed by atoms with Gasteiger partial charge < -0.3 is 15.2 Å². The van der Waals surface area contributed by atoms with Crippen molar-refractivity contribution in [2.45, 2.75) is 11.9 Å². The molecule has 0 spiro atoms. The summed E-state index contributed by atoms with van der Waals surface area (Å²) in [4.78, 5) is 24.1. The molecule has 1 rings (SSSR count). The first-order chi connectivity index (χ1) is 10.4. The fourth-order valence-corrected chi connectivity index (χ4v) is 2.02. The van der Waals surface area contributed by atoms with Crippen LogP contribution in [-0.4, -0.2) is 81.1 Å². The molecule has 130 valence electrons. The van der Waals surface area contributed by atoms with Crippen molar-refractivity contribution in [3.63, 3.8) is 0 Å². The zero-order valence-corrected chi connectivity index (χ0v) is 13.3. The number of hydrogen-bond donors (Lipinski definition) is 3. The number of hydroxylamine groups is 7. The lowest BCUT2D eigenvalue weighted by Crippen LogP contribution is -2.81. The lowest BCUT2D eigenvalue weighted by atomic mass is 10.5. The summed E-state index contributed by atoms with van der Waals surface area (Å²) in [6, 6.07) is 0. The van der Waals surface area contributed by atoms with Crippen LogP contribution in [-0.2, 0) is 28.8 Å². The molecule has 1 aliphatic rings. The molecule has 13 nitrogen and oxygen atoms in total. The molecule has 4 N–H and O–H groups in total. The van der Waals surface area contributed by atoms with Gasteiger partial charge in [0.25, 0.3) is 0 Å². The quantitative estimate of drug-likeness (QED) is 0.335. The third-order valence-electron chi connectivity index (χ3n) is 2.86. The average Bonchev–Trinajstić information content (AvgIpc) is 2.53. The number of guanidine groups is 1. The van der Waals surface area contributed by atoms with Crippen molar-refractivity contribution < 1.29 is 34.0 Å². The van der Waals surface area contributed by atoms with E-state index in [0.29, 0.717) is 0 Å². The molecule has 1 heterocycles. The molecule has 0 aliphatic carbocycles. The molecule has 0 amide bonds. The van der Waals surface area contributed by atoms with Gasteiger partial charge in [-0.2, -0.15) is 10.1 Å². The van der Waals surface area contributed by atoms with E-state index in [2.05, 4.69) is 10.5 Å². The standard InChI is InChI=1S/C9H22N6O7/c1-17-8(12-19-3)11-7(10)13(20-4)9(18-2,14(8)21-5)15(16)22-6/h12,16H,1-6H3,(H2,10,11). The van der Waals surface area contributed by atoms with Gasteiger partial charge in [0.1, 0.15) is 0 Å². The van der Waals surface area contributed by atoms with Gasteiger partial charge in [0.05, 0.1) is 28.4 Å². The van der Waals surface area contributed by atoms with Gasteiger partial charge in [-0.25, -0.2) is 0 Å². The Bertz CT molecular complexity index is 401. The lowest BCUT2D eigenvalue weighted by Gasteiger charge is -2.54. The van der Waals surface area contributed by atoms with Crippen LogP contribution < -0.4 is 11.2 Å². The second kappa shape index (κ2) is 7.42. The molecule has 0 saturated carbocycles. The molecule has 0 aromatic carbocycles.